The normalized spacial score (nSPS) is 15.1. The van der Waals surface area contributed by atoms with Crippen molar-refractivity contribution in [1.82, 2.24) is 25.1 Å². The number of hydrogen-bond donors (Lipinski definition) is 3. The van der Waals surface area contributed by atoms with E-state index in [9.17, 15) is 24.4 Å². The molecule has 3 N–H and O–H groups in total. The summed E-state index contributed by atoms with van der Waals surface area (Å²) in [6.07, 6.45) is 3.67. The van der Waals surface area contributed by atoms with Crippen LogP contribution in [0.3, 0.4) is 0 Å². The van der Waals surface area contributed by atoms with Crippen LogP contribution in [0.4, 0.5) is 10.6 Å². The van der Waals surface area contributed by atoms with Crippen molar-refractivity contribution in [3.8, 4) is 6.07 Å². The quantitative estimate of drug-likeness (QED) is 0.142. The molecule has 1 saturated heterocycles. The second-order valence-corrected chi connectivity index (χ2v) is 15.5. The Hall–Kier alpha value is -6.00. The van der Waals surface area contributed by atoms with Gasteiger partial charge in [-0.3, -0.25) is 14.4 Å². The van der Waals surface area contributed by atoms with E-state index in [1.54, 1.807) is 31.5 Å². The van der Waals surface area contributed by atoms with E-state index in [0.29, 0.717) is 25.9 Å². The van der Waals surface area contributed by atoms with Gasteiger partial charge >= 0.3 is 6.09 Å². The molecule has 0 spiro atoms. The number of benzene rings is 3. The van der Waals surface area contributed by atoms with Gasteiger partial charge in [0.05, 0.1) is 31.5 Å². The molecular formula is C43H51N7O6. The number of amides is 4. The number of imidazole rings is 1. The maximum Gasteiger partial charge on any atom is 0.408 e. The Kier molecular flexibility index (Phi) is 13.6. The van der Waals surface area contributed by atoms with Crippen molar-refractivity contribution < 1.29 is 28.7 Å². The smallest absolute Gasteiger partial charge is 0.408 e. The number of carbonyl (C=O) groups excluding carboxylic acids is 4. The molecule has 1 aliphatic heterocycles. The Morgan fingerprint density at radius 3 is 2.05 bits per heavy atom. The molecule has 13 nitrogen and oxygen atoms in total. The van der Waals surface area contributed by atoms with Crippen LogP contribution in [-0.4, -0.2) is 75.1 Å². The van der Waals surface area contributed by atoms with E-state index in [-0.39, 0.29) is 36.8 Å². The third-order valence-electron chi connectivity index (χ3n) is 9.52. The highest BCUT2D eigenvalue weighted by Gasteiger charge is 2.36. The number of ether oxygens (including phenoxy) is 2. The SMILES string of the molecule is CC(C)(C)OC(=O)NC(C)(C)C(=O)N[C@H](COCc1ccccc1)C(=O)Nc1cn(C(C(=O)N2CCC(C(C#N)c3ccccc3)CC2)c2ccccc2)cn1. The number of carbonyl (C=O) groups is 4. The zero-order valence-electron chi connectivity index (χ0n) is 32.6. The standard InChI is InChI=1S/C43H51N7O6/c1-42(2,3)56-41(54)48-43(4,5)40(53)46-35(28-55-27-30-15-9-6-10-16-30)38(51)47-36-26-50(29-45-36)37(33-19-13-8-14-20-33)39(52)49-23-21-32(22-24-49)34(25-44)31-17-11-7-12-18-31/h6-20,26,29,32,34-35,37H,21-24,27-28H2,1-5H3,(H,46,53)(H,47,51)(H,48,54)/t34?,35-,37?/m1/s1. The molecular weight excluding hydrogens is 711 g/mol. The molecule has 294 valence electrons. The zero-order chi connectivity index (χ0) is 40.3. The minimum absolute atomic E-state index is 0.125. The monoisotopic (exact) mass is 761 g/mol. The largest absolute Gasteiger partial charge is 0.444 e. The van der Waals surface area contributed by atoms with Crippen LogP contribution in [0.5, 0.6) is 0 Å². The summed E-state index contributed by atoms with van der Waals surface area (Å²) in [5, 5.41) is 18.1. The van der Waals surface area contributed by atoms with Gasteiger partial charge in [0.25, 0.3) is 5.91 Å². The van der Waals surface area contributed by atoms with Crippen LogP contribution < -0.4 is 16.0 Å². The first-order valence-corrected chi connectivity index (χ1v) is 18.8. The number of rotatable bonds is 14. The summed E-state index contributed by atoms with van der Waals surface area (Å²) in [5.41, 5.74) is 0.384. The van der Waals surface area contributed by atoms with E-state index in [1.165, 1.54) is 20.2 Å². The van der Waals surface area contributed by atoms with Crippen LogP contribution in [0.25, 0.3) is 0 Å². The number of anilines is 1. The fraction of sp³-hybridized carbons (Fsp3) is 0.395. The molecule has 4 amide bonds. The predicted octanol–water partition coefficient (Wildman–Crippen LogP) is 5.96. The number of likely N-dealkylation sites (tertiary alicyclic amines) is 1. The molecule has 2 unspecified atom stereocenters. The predicted molar refractivity (Wildman–Crippen MR) is 211 cm³/mol. The molecule has 56 heavy (non-hydrogen) atoms. The van der Waals surface area contributed by atoms with Gasteiger partial charge in [0.2, 0.25) is 11.8 Å². The summed E-state index contributed by atoms with van der Waals surface area (Å²) in [6.45, 7) is 9.15. The number of nitrogens with zero attached hydrogens (tertiary/aromatic N) is 4. The molecule has 1 fully saturated rings. The van der Waals surface area contributed by atoms with Crippen LogP contribution in [0.1, 0.15) is 76.1 Å². The molecule has 3 atom stereocenters. The molecule has 1 aliphatic rings. The Balaban J connectivity index is 1.30. The minimum Gasteiger partial charge on any atom is -0.444 e. The van der Waals surface area contributed by atoms with Gasteiger partial charge in [0.15, 0.2) is 5.82 Å². The van der Waals surface area contributed by atoms with Crippen molar-refractivity contribution in [2.45, 2.75) is 83.2 Å². The van der Waals surface area contributed by atoms with E-state index >= 15 is 0 Å². The summed E-state index contributed by atoms with van der Waals surface area (Å²) < 4.78 is 12.9. The van der Waals surface area contributed by atoms with E-state index in [4.69, 9.17) is 9.47 Å². The molecule has 4 aromatic rings. The third-order valence-corrected chi connectivity index (χ3v) is 9.52. The summed E-state index contributed by atoms with van der Waals surface area (Å²) in [6, 6.07) is 29.0. The Bertz CT molecular complexity index is 1960. The molecule has 0 saturated carbocycles. The Labute approximate surface area is 328 Å². The molecule has 5 rings (SSSR count). The van der Waals surface area contributed by atoms with Crippen molar-refractivity contribution >= 4 is 29.6 Å². The summed E-state index contributed by atoms with van der Waals surface area (Å²) in [7, 11) is 0. The molecule has 13 heteroatoms. The number of alkyl carbamates (subject to hydrolysis) is 1. The number of hydrogen-bond acceptors (Lipinski definition) is 8. The van der Waals surface area contributed by atoms with Crippen LogP contribution in [0.15, 0.2) is 104 Å². The van der Waals surface area contributed by atoms with Gasteiger partial charge in [0, 0.05) is 19.3 Å². The van der Waals surface area contributed by atoms with Gasteiger partial charge in [-0.1, -0.05) is 91.0 Å². The Morgan fingerprint density at radius 2 is 1.46 bits per heavy atom. The van der Waals surface area contributed by atoms with Crippen molar-refractivity contribution in [3.63, 3.8) is 0 Å². The van der Waals surface area contributed by atoms with Crippen molar-refractivity contribution in [3.05, 3.63) is 120 Å². The Morgan fingerprint density at radius 1 is 0.875 bits per heavy atom. The van der Waals surface area contributed by atoms with Crippen LogP contribution in [-0.2, 0) is 30.5 Å². The average molecular weight is 762 g/mol. The summed E-state index contributed by atoms with van der Waals surface area (Å²) in [4.78, 5) is 60.3. The van der Waals surface area contributed by atoms with E-state index in [2.05, 4.69) is 27.0 Å². The lowest BCUT2D eigenvalue weighted by Crippen LogP contribution is -2.59. The maximum atomic E-state index is 14.3. The van der Waals surface area contributed by atoms with Crippen molar-refractivity contribution in [2.24, 2.45) is 5.92 Å². The summed E-state index contributed by atoms with van der Waals surface area (Å²) >= 11 is 0. The average Bonchev–Trinajstić information content (AvgIpc) is 3.62. The molecule has 2 heterocycles. The van der Waals surface area contributed by atoms with Gasteiger partial charge in [-0.25, -0.2) is 9.78 Å². The summed E-state index contributed by atoms with van der Waals surface area (Å²) in [5.74, 6) is -1.34. The topological polar surface area (TPSA) is 168 Å². The number of aromatic nitrogens is 2. The lowest BCUT2D eigenvalue weighted by atomic mass is 9.81. The highest BCUT2D eigenvalue weighted by atomic mass is 16.6. The van der Waals surface area contributed by atoms with Crippen LogP contribution >= 0.6 is 0 Å². The molecule has 0 radical (unpaired) electrons. The first-order chi connectivity index (χ1) is 26.7. The fourth-order valence-corrected chi connectivity index (χ4v) is 6.58. The number of nitrogens with one attached hydrogen (secondary N) is 3. The lowest BCUT2D eigenvalue weighted by Gasteiger charge is -2.36. The highest BCUT2D eigenvalue weighted by Crippen LogP contribution is 2.34. The number of piperidine rings is 1. The highest BCUT2D eigenvalue weighted by molar-refractivity contribution is 5.98. The first-order valence-electron chi connectivity index (χ1n) is 18.8. The molecule has 1 aromatic heterocycles. The molecule has 0 aliphatic carbocycles. The zero-order valence-corrected chi connectivity index (χ0v) is 32.6. The van der Waals surface area contributed by atoms with E-state index < -0.39 is 41.1 Å². The second-order valence-electron chi connectivity index (χ2n) is 15.5. The molecule has 3 aromatic carbocycles. The first kappa shape index (κ1) is 41.2. The number of nitriles is 1. The van der Waals surface area contributed by atoms with Gasteiger partial charge in [-0.05, 0) is 70.1 Å². The van der Waals surface area contributed by atoms with Gasteiger partial charge in [-0.15, -0.1) is 0 Å². The van der Waals surface area contributed by atoms with E-state index in [1.807, 2.05) is 95.9 Å². The van der Waals surface area contributed by atoms with Crippen molar-refractivity contribution in [1.29, 1.82) is 5.26 Å². The molecule has 0 bridgehead atoms. The van der Waals surface area contributed by atoms with Gasteiger partial charge < -0.3 is 34.9 Å². The van der Waals surface area contributed by atoms with Crippen molar-refractivity contribution in [2.75, 3.05) is 25.0 Å². The van der Waals surface area contributed by atoms with Crippen LogP contribution in [0, 0.1) is 17.2 Å². The fourth-order valence-electron chi connectivity index (χ4n) is 6.58. The maximum absolute atomic E-state index is 14.3. The minimum atomic E-state index is -1.45. The lowest BCUT2D eigenvalue weighted by molar-refractivity contribution is -0.135. The van der Waals surface area contributed by atoms with Crippen LogP contribution in [0.2, 0.25) is 0 Å². The van der Waals surface area contributed by atoms with E-state index in [0.717, 1.165) is 16.7 Å². The van der Waals surface area contributed by atoms with Gasteiger partial charge in [0.1, 0.15) is 23.2 Å². The second kappa shape index (κ2) is 18.6. The third kappa shape index (κ3) is 11.3. The van der Waals surface area contributed by atoms with Gasteiger partial charge in [-0.2, -0.15) is 5.26 Å².